The zero-order valence-electron chi connectivity index (χ0n) is 12.8. The Morgan fingerprint density at radius 3 is 2.75 bits per heavy atom. The van der Waals surface area contributed by atoms with Gasteiger partial charge in [0.2, 0.25) is 5.91 Å². The summed E-state index contributed by atoms with van der Waals surface area (Å²) in [6.45, 7) is -2.97. The van der Waals surface area contributed by atoms with E-state index in [1.54, 1.807) is 6.07 Å². The van der Waals surface area contributed by atoms with Crippen LogP contribution >= 0.6 is 11.8 Å². The van der Waals surface area contributed by atoms with Crippen LogP contribution in [0.25, 0.3) is 0 Å². The SMILES string of the molecule is COc1ccc(NC(=O)C2Cc3ccccc3S2)cc1OC(F)F. The number of anilines is 1. The Morgan fingerprint density at radius 1 is 1.25 bits per heavy atom. The van der Waals surface area contributed by atoms with Crippen molar-refractivity contribution >= 4 is 23.4 Å². The second-order valence-electron chi connectivity index (χ2n) is 5.15. The molecule has 1 aliphatic heterocycles. The number of thioether (sulfide) groups is 1. The van der Waals surface area contributed by atoms with E-state index in [1.807, 2.05) is 24.3 Å². The van der Waals surface area contributed by atoms with Crippen molar-refractivity contribution < 1.29 is 23.0 Å². The summed E-state index contributed by atoms with van der Waals surface area (Å²) in [5.41, 5.74) is 1.52. The van der Waals surface area contributed by atoms with E-state index < -0.39 is 6.61 Å². The van der Waals surface area contributed by atoms with E-state index >= 15 is 0 Å². The molecule has 1 atom stereocenters. The lowest BCUT2D eigenvalue weighted by molar-refractivity contribution is -0.115. The minimum absolute atomic E-state index is 0.118. The highest BCUT2D eigenvalue weighted by atomic mass is 32.2. The monoisotopic (exact) mass is 351 g/mol. The summed E-state index contributed by atoms with van der Waals surface area (Å²) in [6.07, 6.45) is 0.642. The molecule has 1 N–H and O–H groups in total. The summed E-state index contributed by atoms with van der Waals surface area (Å²) in [6, 6.07) is 12.2. The number of amides is 1. The van der Waals surface area contributed by atoms with E-state index in [1.165, 1.54) is 31.0 Å². The maximum absolute atomic E-state index is 12.5. The highest BCUT2D eigenvalue weighted by Gasteiger charge is 2.28. The molecule has 7 heteroatoms. The van der Waals surface area contributed by atoms with Crippen LogP contribution in [-0.2, 0) is 11.2 Å². The molecule has 4 nitrogen and oxygen atoms in total. The van der Waals surface area contributed by atoms with Crippen molar-refractivity contribution in [2.75, 3.05) is 12.4 Å². The van der Waals surface area contributed by atoms with Gasteiger partial charge in [-0.05, 0) is 30.2 Å². The van der Waals surface area contributed by atoms with E-state index in [-0.39, 0.29) is 22.7 Å². The number of nitrogens with one attached hydrogen (secondary N) is 1. The van der Waals surface area contributed by atoms with Gasteiger partial charge in [-0.25, -0.2) is 0 Å². The molecule has 3 rings (SSSR count). The Balaban J connectivity index is 1.71. The number of hydrogen-bond donors (Lipinski definition) is 1. The molecule has 1 amide bonds. The summed E-state index contributed by atoms with van der Waals surface area (Å²) in [4.78, 5) is 13.5. The molecule has 0 bridgehead atoms. The molecule has 126 valence electrons. The van der Waals surface area contributed by atoms with Crippen molar-refractivity contribution in [1.82, 2.24) is 0 Å². The van der Waals surface area contributed by atoms with E-state index in [0.717, 1.165) is 10.5 Å². The number of benzene rings is 2. The molecule has 1 aliphatic rings. The van der Waals surface area contributed by atoms with Crippen molar-refractivity contribution in [2.45, 2.75) is 23.2 Å². The molecule has 0 saturated heterocycles. The van der Waals surface area contributed by atoms with Gasteiger partial charge in [0.15, 0.2) is 11.5 Å². The number of rotatable bonds is 5. The predicted molar refractivity (Wildman–Crippen MR) is 88.0 cm³/mol. The smallest absolute Gasteiger partial charge is 0.387 e. The lowest BCUT2D eigenvalue weighted by Gasteiger charge is -2.13. The fourth-order valence-electron chi connectivity index (χ4n) is 2.49. The lowest BCUT2D eigenvalue weighted by Crippen LogP contribution is -2.24. The van der Waals surface area contributed by atoms with Gasteiger partial charge in [-0.2, -0.15) is 8.78 Å². The Bertz CT molecular complexity index is 729. The summed E-state index contributed by atoms with van der Waals surface area (Å²) in [5.74, 6) is -0.118. The van der Waals surface area contributed by atoms with Gasteiger partial charge in [0.25, 0.3) is 0 Å². The standard InChI is InChI=1S/C17H15F2NO3S/c1-22-12-7-6-11(9-13(12)23-17(18)19)20-16(21)15-8-10-4-2-3-5-14(10)24-15/h2-7,9,15,17H,8H2,1H3,(H,20,21). The van der Waals surface area contributed by atoms with Crippen LogP contribution in [0.15, 0.2) is 47.4 Å². The van der Waals surface area contributed by atoms with Crippen LogP contribution in [0, 0.1) is 0 Å². The molecule has 0 aliphatic carbocycles. The zero-order chi connectivity index (χ0) is 17.1. The minimum atomic E-state index is -2.97. The third-order valence-corrected chi connectivity index (χ3v) is 4.90. The molecular weight excluding hydrogens is 336 g/mol. The van der Waals surface area contributed by atoms with Crippen LogP contribution in [0.2, 0.25) is 0 Å². The number of carbonyl (C=O) groups excluding carboxylic acids is 1. The number of ether oxygens (including phenoxy) is 2. The Labute approximate surface area is 142 Å². The quantitative estimate of drug-likeness (QED) is 0.886. The fraction of sp³-hybridized carbons (Fsp3) is 0.235. The van der Waals surface area contributed by atoms with E-state index in [2.05, 4.69) is 10.1 Å². The third kappa shape index (κ3) is 3.62. The number of hydrogen-bond acceptors (Lipinski definition) is 4. The van der Waals surface area contributed by atoms with Gasteiger partial charge in [-0.1, -0.05) is 18.2 Å². The highest BCUT2D eigenvalue weighted by molar-refractivity contribution is 8.01. The first-order valence-electron chi connectivity index (χ1n) is 7.25. The molecule has 0 saturated carbocycles. The number of alkyl halides is 2. The first kappa shape index (κ1) is 16.6. The van der Waals surface area contributed by atoms with Crippen molar-refractivity contribution in [3.8, 4) is 11.5 Å². The molecule has 0 radical (unpaired) electrons. The summed E-state index contributed by atoms with van der Waals surface area (Å²) in [7, 11) is 1.36. The molecule has 0 fully saturated rings. The normalized spacial score (nSPS) is 15.9. The molecule has 0 aromatic heterocycles. The number of halogens is 2. The number of methoxy groups -OCH3 is 1. The summed E-state index contributed by atoms with van der Waals surface area (Å²) in [5, 5.41) is 2.50. The molecule has 2 aromatic rings. The highest BCUT2D eigenvalue weighted by Crippen LogP contribution is 2.38. The molecule has 24 heavy (non-hydrogen) atoms. The van der Waals surface area contributed by atoms with Crippen LogP contribution in [0.1, 0.15) is 5.56 Å². The van der Waals surface area contributed by atoms with Gasteiger partial charge in [-0.15, -0.1) is 11.8 Å². The molecule has 1 unspecified atom stereocenters. The maximum Gasteiger partial charge on any atom is 0.387 e. The average molecular weight is 351 g/mol. The van der Waals surface area contributed by atoms with Gasteiger partial charge in [0.1, 0.15) is 0 Å². The van der Waals surface area contributed by atoms with Gasteiger partial charge < -0.3 is 14.8 Å². The van der Waals surface area contributed by atoms with Crippen LogP contribution in [-0.4, -0.2) is 24.9 Å². The fourth-order valence-corrected chi connectivity index (χ4v) is 3.69. The van der Waals surface area contributed by atoms with E-state index in [4.69, 9.17) is 4.74 Å². The van der Waals surface area contributed by atoms with E-state index in [0.29, 0.717) is 12.1 Å². The zero-order valence-corrected chi connectivity index (χ0v) is 13.6. The molecular formula is C17H15F2NO3S. The summed E-state index contributed by atoms with van der Waals surface area (Å²) < 4.78 is 34.3. The topological polar surface area (TPSA) is 47.6 Å². The van der Waals surface area contributed by atoms with Gasteiger partial charge in [0.05, 0.1) is 12.4 Å². The van der Waals surface area contributed by atoms with Crippen molar-refractivity contribution in [3.63, 3.8) is 0 Å². The van der Waals surface area contributed by atoms with Gasteiger partial charge in [0, 0.05) is 16.6 Å². The largest absolute Gasteiger partial charge is 0.493 e. The van der Waals surface area contributed by atoms with Crippen LogP contribution in [0.3, 0.4) is 0 Å². The number of fused-ring (bicyclic) bond motifs is 1. The molecule has 1 heterocycles. The van der Waals surface area contributed by atoms with Gasteiger partial charge >= 0.3 is 6.61 Å². The van der Waals surface area contributed by atoms with Crippen LogP contribution < -0.4 is 14.8 Å². The van der Waals surface area contributed by atoms with Crippen LogP contribution in [0.4, 0.5) is 14.5 Å². The average Bonchev–Trinajstić information content (AvgIpc) is 2.99. The second-order valence-corrected chi connectivity index (χ2v) is 6.40. The third-order valence-electron chi connectivity index (χ3n) is 3.59. The number of carbonyl (C=O) groups is 1. The maximum atomic E-state index is 12.5. The van der Waals surface area contributed by atoms with E-state index in [9.17, 15) is 13.6 Å². The molecule has 0 spiro atoms. The van der Waals surface area contributed by atoms with Crippen molar-refractivity contribution in [1.29, 1.82) is 0 Å². The Kier molecular flexibility index (Phi) is 4.89. The van der Waals surface area contributed by atoms with Gasteiger partial charge in [-0.3, -0.25) is 4.79 Å². The Morgan fingerprint density at radius 2 is 2.04 bits per heavy atom. The summed E-state index contributed by atoms with van der Waals surface area (Å²) >= 11 is 1.50. The first-order chi connectivity index (χ1) is 11.6. The predicted octanol–water partition coefficient (Wildman–Crippen LogP) is 3.95. The van der Waals surface area contributed by atoms with Crippen molar-refractivity contribution in [3.05, 3.63) is 48.0 Å². The Hall–Kier alpha value is -2.28. The van der Waals surface area contributed by atoms with Crippen LogP contribution in [0.5, 0.6) is 11.5 Å². The lowest BCUT2D eigenvalue weighted by atomic mass is 10.1. The first-order valence-corrected chi connectivity index (χ1v) is 8.13. The second kappa shape index (κ2) is 7.09. The van der Waals surface area contributed by atoms with Crippen molar-refractivity contribution in [2.24, 2.45) is 0 Å². The molecule has 2 aromatic carbocycles. The minimum Gasteiger partial charge on any atom is -0.493 e.